The highest BCUT2D eigenvalue weighted by molar-refractivity contribution is 9.10. The second-order valence-corrected chi connectivity index (χ2v) is 10.9. The Morgan fingerprint density at radius 2 is 2.07 bits per heavy atom. The maximum Gasteiger partial charge on any atom is 0.407 e. The number of carbonyl (C=O) groups is 1. The van der Waals surface area contributed by atoms with Gasteiger partial charge < -0.3 is 9.66 Å². The van der Waals surface area contributed by atoms with Gasteiger partial charge in [-0.3, -0.25) is 4.90 Å². The first-order valence-electron chi connectivity index (χ1n) is 8.59. The second kappa shape index (κ2) is 7.00. The Hall–Kier alpha value is -1.19. The normalized spacial score (nSPS) is 23.9. The highest BCUT2D eigenvalue weighted by Crippen LogP contribution is 2.54. The van der Waals surface area contributed by atoms with Crippen LogP contribution in [0.5, 0.6) is 0 Å². The van der Waals surface area contributed by atoms with Crippen LogP contribution in [0.25, 0.3) is 0 Å². The van der Waals surface area contributed by atoms with Gasteiger partial charge in [0, 0.05) is 18.4 Å². The molecule has 0 bridgehead atoms. The van der Waals surface area contributed by atoms with Crippen LogP contribution in [0.2, 0.25) is 0 Å². The van der Waals surface area contributed by atoms with E-state index < -0.39 is 45.3 Å². The maximum atomic E-state index is 14.5. The lowest BCUT2D eigenvalue weighted by Crippen LogP contribution is -2.39. The molecule has 1 aliphatic carbocycles. The number of halogens is 3. The van der Waals surface area contributed by atoms with E-state index in [-0.39, 0.29) is 23.0 Å². The predicted molar refractivity (Wildman–Crippen MR) is 103 cm³/mol. The van der Waals surface area contributed by atoms with E-state index in [1.54, 1.807) is 20.8 Å². The van der Waals surface area contributed by atoms with E-state index in [0.29, 0.717) is 5.71 Å². The van der Waals surface area contributed by atoms with Crippen molar-refractivity contribution in [2.75, 3.05) is 6.54 Å². The van der Waals surface area contributed by atoms with Crippen molar-refractivity contribution in [1.82, 2.24) is 4.90 Å². The van der Waals surface area contributed by atoms with Gasteiger partial charge in [0.15, 0.2) is 0 Å². The summed E-state index contributed by atoms with van der Waals surface area (Å²) in [5.74, 6) is -1.24. The lowest BCUT2D eigenvalue weighted by Gasteiger charge is -2.24. The number of amides is 1. The summed E-state index contributed by atoms with van der Waals surface area (Å²) in [6, 6.07) is 1.32. The smallest absolute Gasteiger partial charge is 0.407 e. The third-order valence-corrected chi connectivity index (χ3v) is 6.98. The van der Waals surface area contributed by atoms with E-state index in [4.69, 9.17) is 0 Å². The average molecular weight is 463 g/mol. The molecule has 1 heterocycles. The molecule has 0 aromatic heterocycles. The van der Waals surface area contributed by atoms with Gasteiger partial charge in [-0.2, -0.15) is 0 Å². The number of nitrogens with zero attached hydrogens (tertiary/aromatic N) is 2. The first-order chi connectivity index (χ1) is 12.4. The number of hydrogen-bond donors (Lipinski definition) is 1. The fourth-order valence-electron chi connectivity index (χ4n) is 3.34. The summed E-state index contributed by atoms with van der Waals surface area (Å²) in [6.45, 7) is 5.60. The van der Waals surface area contributed by atoms with Crippen molar-refractivity contribution in [2.45, 2.75) is 50.8 Å². The molecule has 1 aromatic rings. The van der Waals surface area contributed by atoms with Crippen molar-refractivity contribution in [3.05, 3.63) is 33.8 Å². The molecule has 2 aliphatic rings. The van der Waals surface area contributed by atoms with Crippen molar-refractivity contribution in [1.29, 1.82) is 0 Å². The molecule has 5 nitrogen and oxygen atoms in total. The molecule has 1 saturated carbocycles. The van der Waals surface area contributed by atoms with Gasteiger partial charge >= 0.3 is 6.09 Å². The molecule has 3 rings (SSSR count). The predicted octanol–water partition coefficient (Wildman–Crippen LogP) is 4.32. The van der Waals surface area contributed by atoms with Crippen LogP contribution in [-0.2, 0) is 17.8 Å². The molecule has 9 heteroatoms. The maximum absolute atomic E-state index is 14.5. The molecular weight excluding hydrogens is 442 g/mol. The first-order valence-corrected chi connectivity index (χ1v) is 10.5. The minimum Gasteiger partial charge on any atom is -0.591 e. The minimum atomic E-state index is -1.56. The van der Waals surface area contributed by atoms with E-state index in [2.05, 4.69) is 20.3 Å². The van der Waals surface area contributed by atoms with Gasteiger partial charge in [-0.15, -0.1) is 0 Å². The van der Waals surface area contributed by atoms with Crippen LogP contribution in [0.4, 0.5) is 13.6 Å². The van der Waals surface area contributed by atoms with E-state index in [0.717, 1.165) is 25.0 Å². The largest absolute Gasteiger partial charge is 0.591 e. The number of hydrogen-bond acceptors (Lipinski definition) is 3. The zero-order valence-corrected chi connectivity index (χ0v) is 17.7. The Bertz CT molecular complexity index is 809. The molecule has 1 spiro atoms. The van der Waals surface area contributed by atoms with Gasteiger partial charge in [-0.25, -0.2) is 13.6 Å². The van der Waals surface area contributed by atoms with Gasteiger partial charge in [-0.05, 0) is 67.2 Å². The second-order valence-electron chi connectivity index (χ2n) is 8.11. The summed E-state index contributed by atoms with van der Waals surface area (Å²) in [4.78, 5) is 13.0. The number of benzene rings is 1. The molecule has 1 unspecified atom stereocenters. The molecule has 1 N–H and O–H groups in total. The lowest BCUT2D eigenvalue weighted by atomic mass is 9.95. The van der Waals surface area contributed by atoms with Crippen LogP contribution in [0.15, 0.2) is 21.0 Å². The SMILES string of the molecule is CC(C)(C)[S@@+]([O-])N=C1C(Cc2cc(F)cc(Br)c2F)N(C(=O)O)CC12CC2. The van der Waals surface area contributed by atoms with Gasteiger partial charge in [0.25, 0.3) is 0 Å². The standard InChI is InChI=1S/C18H21BrF2N2O3S/c1-17(2,3)27(26)22-15-13(23(16(24)25)9-18(15)4-5-18)7-10-6-11(20)8-12(19)14(10)21/h6,8,13H,4-5,7,9H2,1-3H3,(H,24,25)/t13?,27-/m1/s1. The third kappa shape index (κ3) is 4.00. The fraction of sp³-hybridized carbons (Fsp3) is 0.556. The quantitative estimate of drug-likeness (QED) is 0.536. The van der Waals surface area contributed by atoms with Crippen molar-refractivity contribution in [3.63, 3.8) is 0 Å². The highest BCUT2D eigenvalue weighted by Gasteiger charge is 2.60. The van der Waals surface area contributed by atoms with Crippen LogP contribution in [0, 0.1) is 17.0 Å². The van der Waals surface area contributed by atoms with Gasteiger partial charge in [0.2, 0.25) is 0 Å². The van der Waals surface area contributed by atoms with Crippen LogP contribution >= 0.6 is 15.9 Å². The molecule has 148 valence electrons. The Kier molecular flexibility index (Phi) is 5.33. The topological polar surface area (TPSA) is 76.0 Å². The molecule has 1 amide bonds. The summed E-state index contributed by atoms with van der Waals surface area (Å²) in [5.41, 5.74) is 0.161. The van der Waals surface area contributed by atoms with E-state index in [1.807, 2.05) is 0 Å². The van der Waals surface area contributed by atoms with E-state index in [1.165, 1.54) is 4.90 Å². The van der Waals surface area contributed by atoms with E-state index >= 15 is 0 Å². The molecule has 0 radical (unpaired) electrons. The number of rotatable bonds is 3. The fourth-order valence-corrected chi connectivity index (χ4v) is 4.58. The average Bonchev–Trinajstić information content (AvgIpc) is 3.25. The summed E-state index contributed by atoms with van der Waals surface area (Å²) < 4.78 is 44.6. The minimum absolute atomic E-state index is 0.0183. The van der Waals surface area contributed by atoms with Crippen LogP contribution in [-0.4, -0.2) is 43.7 Å². The van der Waals surface area contributed by atoms with Crippen molar-refractivity contribution >= 4 is 39.1 Å². The van der Waals surface area contributed by atoms with Crippen LogP contribution in [0.1, 0.15) is 39.2 Å². The van der Waals surface area contributed by atoms with Crippen molar-refractivity contribution in [3.8, 4) is 0 Å². The van der Waals surface area contributed by atoms with E-state index in [9.17, 15) is 23.2 Å². The van der Waals surface area contributed by atoms with Crippen molar-refractivity contribution in [2.24, 2.45) is 9.81 Å². The molecule has 1 aliphatic heterocycles. The van der Waals surface area contributed by atoms with Gasteiger partial charge in [0.1, 0.15) is 27.7 Å². The zero-order valence-electron chi connectivity index (χ0n) is 15.3. The van der Waals surface area contributed by atoms with Crippen LogP contribution in [0.3, 0.4) is 0 Å². The van der Waals surface area contributed by atoms with Gasteiger partial charge in [0.05, 0.1) is 16.2 Å². The third-order valence-electron chi connectivity index (χ3n) is 4.99. The zero-order chi connectivity index (χ0) is 20.1. The number of carboxylic acid groups (broad SMARTS) is 1. The molecular formula is C18H21BrF2N2O3S. The summed E-state index contributed by atoms with van der Waals surface area (Å²) in [5, 5.41) is 9.63. The summed E-state index contributed by atoms with van der Waals surface area (Å²) >= 11 is 1.42. The Balaban J connectivity index is 2.03. The molecule has 1 saturated heterocycles. The molecule has 27 heavy (non-hydrogen) atoms. The molecule has 2 atom stereocenters. The van der Waals surface area contributed by atoms with Crippen LogP contribution < -0.4 is 0 Å². The monoisotopic (exact) mass is 462 g/mol. The Labute approximate surface area is 168 Å². The number of likely N-dealkylation sites (tertiary alicyclic amines) is 1. The molecule has 2 fully saturated rings. The summed E-state index contributed by atoms with van der Waals surface area (Å²) in [7, 11) is 0. The van der Waals surface area contributed by atoms with Crippen molar-refractivity contribution < 1.29 is 23.2 Å². The first kappa shape index (κ1) is 20.5. The Morgan fingerprint density at radius 1 is 1.44 bits per heavy atom. The highest BCUT2D eigenvalue weighted by atomic mass is 79.9. The Morgan fingerprint density at radius 3 is 2.59 bits per heavy atom. The summed E-state index contributed by atoms with van der Waals surface area (Å²) in [6.07, 6.45) is 0.302. The lowest BCUT2D eigenvalue weighted by molar-refractivity contribution is 0.141. The van der Waals surface area contributed by atoms with Gasteiger partial charge in [-0.1, -0.05) is 4.40 Å². The molecule has 1 aromatic carbocycles.